The molecule has 2 amide bonds. The Bertz CT molecular complexity index is 507. The third kappa shape index (κ3) is 4.54. The Labute approximate surface area is 131 Å². The number of hydrogen-bond donors (Lipinski definition) is 2. The Morgan fingerprint density at radius 3 is 2.32 bits per heavy atom. The molecule has 2 N–H and O–H groups in total. The van der Waals surface area contributed by atoms with Gasteiger partial charge in [0.1, 0.15) is 0 Å². The Kier molecular flexibility index (Phi) is 5.91. The van der Waals surface area contributed by atoms with Gasteiger partial charge in [-0.3, -0.25) is 9.59 Å². The topological polar surface area (TPSA) is 64.7 Å². The van der Waals surface area contributed by atoms with E-state index in [1.165, 1.54) is 0 Å². The van der Waals surface area contributed by atoms with Crippen LogP contribution in [0.2, 0.25) is 0 Å². The van der Waals surface area contributed by atoms with Crippen molar-refractivity contribution in [2.24, 2.45) is 0 Å². The number of anilines is 1. The van der Waals surface area contributed by atoms with Crippen molar-refractivity contribution < 1.29 is 9.59 Å². The summed E-state index contributed by atoms with van der Waals surface area (Å²) < 4.78 is 0. The van der Waals surface area contributed by atoms with Crippen molar-refractivity contribution in [2.45, 2.75) is 6.42 Å². The lowest BCUT2D eigenvalue weighted by atomic mass is 10.1. The summed E-state index contributed by atoms with van der Waals surface area (Å²) >= 11 is 0. The molecule has 6 heteroatoms. The summed E-state index contributed by atoms with van der Waals surface area (Å²) in [4.78, 5) is 28.1. The van der Waals surface area contributed by atoms with Gasteiger partial charge in [0.25, 0.3) is 5.91 Å². The molecule has 0 unspecified atom stereocenters. The van der Waals surface area contributed by atoms with Crippen LogP contribution < -0.4 is 10.6 Å². The zero-order valence-electron chi connectivity index (χ0n) is 13.3. The fourth-order valence-corrected chi connectivity index (χ4v) is 2.35. The Morgan fingerprint density at radius 1 is 1.09 bits per heavy atom. The molecule has 2 rings (SSSR count). The largest absolute Gasteiger partial charge is 0.336 e. The number of carbonyl (C=O) groups excluding carboxylic acids is 2. The zero-order chi connectivity index (χ0) is 15.9. The number of hydrogen-bond acceptors (Lipinski definition) is 4. The first-order valence-electron chi connectivity index (χ1n) is 7.62. The molecule has 0 spiro atoms. The molecule has 1 fully saturated rings. The monoisotopic (exact) mass is 304 g/mol. The third-order valence-corrected chi connectivity index (χ3v) is 3.81. The molecule has 1 aromatic rings. The predicted octanol–water partition coefficient (Wildman–Crippen LogP) is 0.622. The van der Waals surface area contributed by atoms with Gasteiger partial charge in [0.05, 0.1) is 0 Å². The van der Waals surface area contributed by atoms with E-state index in [4.69, 9.17) is 0 Å². The minimum atomic E-state index is -0.0347. The van der Waals surface area contributed by atoms with Crippen LogP contribution in [0.3, 0.4) is 0 Å². The summed E-state index contributed by atoms with van der Waals surface area (Å²) in [6, 6.07) is 7.10. The highest BCUT2D eigenvalue weighted by Crippen LogP contribution is 2.13. The Morgan fingerprint density at radius 2 is 1.73 bits per heavy atom. The average Bonchev–Trinajstić information content (AvgIpc) is 2.54. The fraction of sp³-hybridized carbons (Fsp3) is 0.500. The summed E-state index contributed by atoms with van der Waals surface area (Å²) in [5.41, 5.74) is 1.38. The highest BCUT2D eigenvalue weighted by molar-refractivity contribution is 5.95. The van der Waals surface area contributed by atoms with Crippen molar-refractivity contribution >= 4 is 17.5 Å². The van der Waals surface area contributed by atoms with Crippen molar-refractivity contribution in [3.8, 4) is 0 Å². The van der Waals surface area contributed by atoms with Gasteiger partial charge in [-0.1, -0.05) is 0 Å². The maximum absolute atomic E-state index is 12.4. The molecule has 1 heterocycles. The van der Waals surface area contributed by atoms with E-state index in [1.54, 1.807) is 24.3 Å². The lowest BCUT2D eigenvalue weighted by Crippen LogP contribution is -2.47. The zero-order valence-corrected chi connectivity index (χ0v) is 13.3. The Balaban J connectivity index is 1.91. The molecule has 1 aliphatic rings. The van der Waals surface area contributed by atoms with Gasteiger partial charge in [0.15, 0.2) is 0 Å². The van der Waals surface area contributed by atoms with Gasteiger partial charge in [0.2, 0.25) is 5.91 Å². The van der Waals surface area contributed by atoms with Gasteiger partial charge in [-0.05, 0) is 38.4 Å². The van der Waals surface area contributed by atoms with Gasteiger partial charge in [-0.2, -0.15) is 0 Å². The van der Waals surface area contributed by atoms with E-state index in [1.807, 2.05) is 11.9 Å². The number of nitrogens with one attached hydrogen (secondary N) is 2. The maximum Gasteiger partial charge on any atom is 0.253 e. The van der Waals surface area contributed by atoms with Crippen LogP contribution in [-0.4, -0.2) is 68.4 Å². The summed E-state index contributed by atoms with van der Waals surface area (Å²) in [5.74, 6) is 0.0219. The number of carbonyl (C=O) groups is 2. The quantitative estimate of drug-likeness (QED) is 0.837. The van der Waals surface area contributed by atoms with Crippen LogP contribution in [0.25, 0.3) is 0 Å². The van der Waals surface area contributed by atoms with Crippen LogP contribution in [0.4, 0.5) is 5.69 Å². The second kappa shape index (κ2) is 7.91. The molecule has 22 heavy (non-hydrogen) atoms. The number of likely N-dealkylation sites (N-methyl/N-ethyl adjacent to an activating group) is 1. The lowest BCUT2D eigenvalue weighted by Gasteiger charge is -2.32. The molecular formula is C16H24N4O2. The predicted molar refractivity (Wildman–Crippen MR) is 87.0 cm³/mol. The third-order valence-electron chi connectivity index (χ3n) is 3.81. The van der Waals surface area contributed by atoms with Crippen LogP contribution in [0.1, 0.15) is 16.8 Å². The van der Waals surface area contributed by atoms with Crippen LogP contribution >= 0.6 is 0 Å². The van der Waals surface area contributed by atoms with E-state index in [0.717, 1.165) is 31.9 Å². The minimum Gasteiger partial charge on any atom is -0.336 e. The first-order chi connectivity index (χ1) is 10.6. The molecule has 0 bridgehead atoms. The SMILES string of the molecule is CNCCC(=O)Nc1ccc(C(=O)N2CCN(C)CC2)cc1. The standard InChI is InChI=1S/C16H24N4O2/c1-17-8-7-15(21)18-14-5-3-13(4-6-14)16(22)20-11-9-19(2)10-12-20/h3-6,17H,7-12H2,1-2H3,(H,18,21). The average molecular weight is 304 g/mol. The summed E-state index contributed by atoms with van der Waals surface area (Å²) in [6.45, 7) is 3.98. The summed E-state index contributed by atoms with van der Waals surface area (Å²) in [7, 11) is 3.87. The molecule has 1 aliphatic heterocycles. The first-order valence-corrected chi connectivity index (χ1v) is 7.62. The molecule has 6 nitrogen and oxygen atoms in total. The minimum absolute atomic E-state index is 0.0347. The van der Waals surface area contributed by atoms with E-state index in [2.05, 4.69) is 22.6 Å². The highest BCUT2D eigenvalue weighted by Gasteiger charge is 2.20. The summed E-state index contributed by atoms with van der Waals surface area (Å²) in [6.07, 6.45) is 0.429. The van der Waals surface area contributed by atoms with Crippen LogP contribution in [0, 0.1) is 0 Å². The molecule has 120 valence electrons. The van der Waals surface area contributed by atoms with Gasteiger partial charge < -0.3 is 20.4 Å². The van der Waals surface area contributed by atoms with Crippen LogP contribution in [-0.2, 0) is 4.79 Å². The molecule has 1 saturated heterocycles. The normalized spacial score (nSPS) is 15.6. The number of benzene rings is 1. The van der Waals surface area contributed by atoms with E-state index in [0.29, 0.717) is 18.5 Å². The fourth-order valence-electron chi connectivity index (χ4n) is 2.35. The number of rotatable bonds is 5. The number of amides is 2. The van der Waals surface area contributed by atoms with E-state index < -0.39 is 0 Å². The molecule has 0 radical (unpaired) electrons. The first kappa shape index (κ1) is 16.5. The van der Waals surface area contributed by atoms with Gasteiger partial charge in [0, 0.05) is 50.4 Å². The Hall–Kier alpha value is -1.92. The number of nitrogens with zero attached hydrogens (tertiary/aromatic N) is 2. The van der Waals surface area contributed by atoms with Crippen LogP contribution in [0.5, 0.6) is 0 Å². The van der Waals surface area contributed by atoms with Crippen molar-refractivity contribution in [1.82, 2.24) is 15.1 Å². The molecule has 0 aliphatic carbocycles. The van der Waals surface area contributed by atoms with Crippen molar-refractivity contribution in [3.05, 3.63) is 29.8 Å². The van der Waals surface area contributed by atoms with Gasteiger partial charge in [-0.25, -0.2) is 0 Å². The molecule has 0 aromatic heterocycles. The van der Waals surface area contributed by atoms with Gasteiger partial charge >= 0.3 is 0 Å². The lowest BCUT2D eigenvalue weighted by molar-refractivity contribution is -0.116. The smallest absolute Gasteiger partial charge is 0.253 e. The highest BCUT2D eigenvalue weighted by atomic mass is 16.2. The summed E-state index contributed by atoms with van der Waals surface area (Å²) in [5, 5.41) is 5.75. The number of piperazine rings is 1. The van der Waals surface area contributed by atoms with Crippen molar-refractivity contribution in [2.75, 3.05) is 52.1 Å². The second-order valence-corrected chi connectivity index (χ2v) is 5.57. The van der Waals surface area contributed by atoms with Crippen molar-refractivity contribution in [1.29, 1.82) is 0 Å². The van der Waals surface area contributed by atoms with E-state index in [-0.39, 0.29) is 11.8 Å². The van der Waals surface area contributed by atoms with Gasteiger partial charge in [-0.15, -0.1) is 0 Å². The molecule has 0 atom stereocenters. The van der Waals surface area contributed by atoms with Crippen LogP contribution in [0.15, 0.2) is 24.3 Å². The van der Waals surface area contributed by atoms with Crippen molar-refractivity contribution in [3.63, 3.8) is 0 Å². The second-order valence-electron chi connectivity index (χ2n) is 5.57. The maximum atomic E-state index is 12.4. The molecule has 0 saturated carbocycles. The molecule has 1 aromatic carbocycles. The van der Waals surface area contributed by atoms with E-state index in [9.17, 15) is 9.59 Å². The molecular weight excluding hydrogens is 280 g/mol. The van der Waals surface area contributed by atoms with E-state index >= 15 is 0 Å².